The van der Waals surface area contributed by atoms with Gasteiger partial charge in [0, 0.05) is 45.4 Å². The zero-order valence-electron chi connectivity index (χ0n) is 18.8. The second-order valence-corrected chi connectivity index (χ2v) is 8.38. The Balaban J connectivity index is 1.40. The molecule has 34 heavy (non-hydrogen) atoms. The highest BCUT2D eigenvalue weighted by Crippen LogP contribution is 2.27. The number of ether oxygens (including phenoxy) is 1. The van der Waals surface area contributed by atoms with Gasteiger partial charge in [-0.3, -0.25) is 9.59 Å². The van der Waals surface area contributed by atoms with Gasteiger partial charge in [0.1, 0.15) is 23.5 Å². The number of benzene rings is 1. The molecule has 174 valence electrons. The number of hydrogen-bond acceptors (Lipinski definition) is 6. The van der Waals surface area contributed by atoms with Crippen LogP contribution in [0.4, 0.5) is 4.39 Å². The Morgan fingerprint density at radius 1 is 1.21 bits per heavy atom. The number of pyridine rings is 1. The number of nitrogens with zero attached hydrogens (tertiary/aromatic N) is 5. The van der Waals surface area contributed by atoms with Crippen molar-refractivity contribution >= 4 is 17.1 Å². The number of nitrogens with one attached hydrogen (secondary N) is 1. The lowest BCUT2D eigenvalue weighted by Gasteiger charge is -2.10. The maximum absolute atomic E-state index is 14.3. The molecule has 1 amide bonds. The molecule has 5 rings (SSSR count). The first-order chi connectivity index (χ1) is 16.4. The first-order valence-corrected chi connectivity index (χ1v) is 10.9. The Bertz CT molecular complexity index is 1460. The summed E-state index contributed by atoms with van der Waals surface area (Å²) in [7, 11) is 3.48. The molecule has 1 aromatic carbocycles. The van der Waals surface area contributed by atoms with Crippen LogP contribution in [0.15, 0.2) is 47.7 Å². The van der Waals surface area contributed by atoms with Crippen LogP contribution in [0, 0.1) is 5.82 Å². The molecule has 1 fully saturated rings. The molecule has 1 unspecified atom stereocenters. The van der Waals surface area contributed by atoms with Crippen LogP contribution in [-0.4, -0.2) is 43.2 Å². The highest BCUT2D eigenvalue weighted by Gasteiger charge is 2.26. The van der Waals surface area contributed by atoms with Crippen molar-refractivity contribution in [1.82, 2.24) is 29.4 Å². The summed E-state index contributed by atoms with van der Waals surface area (Å²) < 4.78 is 23.1. The molecule has 0 spiro atoms. The van der Waals surface area contributed by atoms with Crippen molar-refractivity contribution in [3.05, 3.63) is 76.1 Å². The van der Waals surface area contributed by atoms with Crippen molar-refractivity contribution < 1.29 is 13.9 Å². The van der Waals surface area contributed by atoms with Crippen LogP contribution in [0.5, 0.6) is 0 Å². The number of imidazole rings is 1. The number of halogens is 1. The van der Waals surface area contributed by atoms with Crippen LogP contribution in [0.1, 0.15) is 34.2 Å². The van der Waals surface area contributed by atoms with Crippen molar-refractivity contribution in [3.63, 3.8) is 0 Å². The zero-order chi connectivity index (χ0) is 23.8. The second-order valence-electron chi connectivity index (χ2n) is 8.38. The molecule has 0 saturated carbocycles. The topological polar surface area (TPSA) is 104 Å². The Hall–Kier alpha value is -3.92. The molecule has 3 aromatic heterocycles. The van der Waals surface area contributed by atoms with Crippen molar-refractivity contribution in [2.24, 2.45) is 14.1 Å². The highest BCUT2D eigenvalue weighted by atomic mass is 19.1. The normalized spacial score (nSPS) is 15.7. The van der Waals surface area contributed by atoms with E-state index in [1.165, 1.54) is 29.1 Å². The van der Waals surface area contributed by atoms with Gasteiger partial charge in [0.25, 0.3) is 5.91 Å². The van der Waals surface area contributed by atoms with E-state index in [9.17, 15) is 14.0 Å². The van der Waals surface area contributed by atoms with E-state index in [0.29, 0.717) is 41.1 Å². The third kappa shape index (κ3) is 4.08. The lowest BCUT2D eigenvalue weighted by molar-refractivity contribution is 0.0947. The molecule has 1 atom stereocenters. The largest absolute Gasteiger partial charge is 0.381 e. The first kappa shape index (κ1) is 21.9. The van der Waals surface area contributed by atoms with Crippen LogP contribution in [0.3, 0.4) is 0 Å². The summed E-state index contributed by atoms with van der Waals surface area (Å²) in [5.41, 5.74) is 2.95. The summed E-state index contributed by atoms with van der Waals surface area (Å²) in [4.78, 5) is 37.7. The highest BCUT2D eigenvalue weighted by molar-refractivity contribution is 6.02. The van der Waals surface area contributed by atoms with Gasteiger partial charge in [-0.2, -0.15) is 0 Å². The number of hydrogen-bond donors (Lipinski definition) is 1. The monoisotopic (exact) mass is 462 g/mol. The smallest absolute Gasteiger partial charge is 0.272 e. The lowest BCUT2D eigenvalue weighted by Crippen LogP contribution is -2.25. The van der Waals surface area contributed by atoms with Gasteiger partial charge in [-0.1, -0.05) is 0 Å². The van der Waals surface area contributed by atoms with Gasteiger partial charge in [0.2, 0.25) is 5.56 Å². The average molecular weight is 462 g/mol. The van der Waals surface area contributed by atoms with E-state index >= 15 is 0 Å². The summed E-state index contributed by atoms with van der Waals surface area (Å²) in [6, 6.07) is 7.61. The standard InChI is InChI=1S/C24H23FN6O3/c1-30-11-15(3-4-19(30)32)17-7-14(8-18(25)9-17)10-26-24(33)20-21-22(28-13-27-20)29-23(31(21)2)16-5-6-34-12-16/h3-4,7-9,11,13,16H,5-6,10,12H2,1-2H3,(H,26,33). The minimum Gasteiger partial charge on any atom is -0.381 e. The summed E-state index contributed by atoms with van der Waals surface area (Å²) in [5.74, 6) is 0.125. The number of carbonyl (C=O) groups excluding carboxylic acids is 1. The SMILES string of the molecule is Cn1cc(-c2cc(F)cc(CNC(=O)c3ncnc4nc(C5CCOC5)n(C)c34)c2)ccc1=O. The molecule has 1 saturated heterocycles. The van der Waals surface area contributed by atoms with Crippen LogP contribution >= 0.6 is 0 Å². The average Bonchev–Trinajstić information content (AvgIpc) is 3.47. The molecular weight excluding hydrogens is 439 g/mol. The minimum atomic E-state index is -0.435. The fourth-order valence-corrected chi connectivity index (χ4v) is 4.28. The van der Waals surface area contributed by atoms with Crippen molar-refractivity contribution in [2.45, 2.75) is 18.9 Å². The Kier molecular flexibility index (Phi) is 5.66. The minimum absolute atomic E-state index is 0.0992. The molecule has 10 heteroatoms. The Morgan fingerprint density at radius 2 is 2.06 bits per heavy atom. The van der Waals surface area contributed by atoms with Crippen LogP contribution in [-0.2, 0) is 25.4 Å². The number of rotatable bonds is 5. The number of aromatic nitrogens is 5. The predicted octanol–water partition coefficient (Wildman–Crippen LogP) is 2.30. The number of fused-ring (bicyclic) bond motifs is 1. The summed E-state index contributed by atoms with van der Waals surface area (Å²) in [6.45, 7) is 1.37. The fraction of sp³-hybridized carbons (Fsp3) is 0.292. The molecule has 1 aliphatic heterocycles. The maximum atomic E-state index is 14.3. The molecule has 0 bridgehead atoms. The molecule has 0 radical (unpaired) electrons. The van der Waals surface area contributed by atoms with E-state index in [2.05, 4.69) is 20.3 Å². The fourth-order valence-electron chi connectivity index (χ4n) is 4.28. The summed E-state index contributed by atoms with van der Waals surface area (Å²) in [6.07, 6.45) is 3.83. The molecule has 1 N–H and O–H groups in total. The van der Waals surface area contributed by atoms with Gasteiger partial charge in [0.15, 0.2) is 11.3 Å². The van der Waals surface area contributed by atoms with Gasteiger partial charge < -0.3 is 19.2 Å². The predicted molar refractivity (Wildman–Crippen MR) is 123 cm³/mol. The van der Waals surface area contributed by atoms with Crippen molar-refractivity contribution in [2.75, 3.05) is 13.2 Å². The zero-order valence-corrected chi connectivity index (χ0v) is 18.8. The molecule has 4 aromatic rings. The number of aryl methyl sites for hydroxylation is 2. The molecule has 9 nitrogen and oxygen atoms in total. The lowest BCUT2D eigenvalue weighted by atomic mass is 10.0. The van der Waals surface area contributed by atoms with Gasteiger partial charge in [-0.25, -0.2) is 19.3 Å². The third-order valence-electron chi connectivity index (χ3n) is 6.04. The maximum Gasteiger partial charge on any atom is 0.272 e. The number of carbonyl (C=O) groups is 1. The van der Waals surface area contributed by atoms with E-state index < -0.39 is 11.7 Å². The van der Waals surface area contributed by atoms with E-state index in [1.54, 1.807) is 25.4 Å². The van der Waals surface area contributed by atoms with E-state index in [0.717, 1.165) is 12.2 Å². The van der Waals surface area contributed by atoms with Crippen LogP contribution < -0.4 is 10.9 Å². The van der Waals surface area contributed by atoms with Crippen LogP contribution in [0.25, 0.3) is 22.3 Å². The van der Waals surface area contributed by atoms with Gasteiger partial charge in [-0.15, -0.1) is 0 Å². The van der Waals surface area contributed by atoms with Gasteiger partial charge in [-0.05, 0) is 47.4 Å². The second kappa shape index (κ2) is 8.79. The van der Waals surface area contributed by atoms with Crippen LogP contribution in [0.2, 0.25) is 0 Å². The van der Waals surface area contributed by atoms with E-state index in [-0.39, 0.29) is 23.7 Å². The number of amides is 1. The van der Waals surface area contributed by atoms with Gasteiger partial charge >= 0.3 is 0 Å². The summed E-state index contributed by atoms with van der Waals surface area (Å²) >= 11 is 0. The summed E-state index contributed by atoms with van der Waals surface area (Å²) in [5, 5.41) is 2.82. The van der Waals surface area contributed by atoms with Crippen molar-refractivity contribution in [1.29, 1.82) is 0 Å². The third-order valence-corrected chi connectivity index (χ3v) is 6.04. The Labute approximate surface area is 194 Å². The molecule has 4 heterocycles. The molecule has 0 aliphatic carbocycles. The Morgan fingerprint density at radius 3 is 2.82 bits per heavy atom. The first-order valence-electron chi connectivity index (χ1n) is 10.9. The van der Waals surface area contributed by atoms with E-state index in [1.807, 2.05) is 11.6 Å². The quantitative estimate of drug-likeness (QED) is 0.488. The van der Waals surface area contributed by atoms with E-state index in [4.69, 9.17) is 4.74 Å². The van der Waals surface area contributed by atoms with Gasteiger partial charge in [0.05, 0.1) is 6.61 Å². The molecule has 1 aliphatic rings. The molecular formula is C24H23FN6O3. The van der Waals surface area contributed by atoms with Crippen molar-refractivity contribution in [3.8, 4) is 11.1 Å².